The predicted molar refractivity (Wildman–Crippen MR) is 71.1 cm³/mol. The van der Waals surface area contributed by atoms with Gasteiger partial charge in [0.25, 0.3) is 5.69 Å². The molecule has 0 unspecified atom stereocenters. The molecule has 18 heavy (non-hydrogen) atoms. The number of hydrogen-bond acceptors (Lipinski definition) is 3. The summed E-state index contributed by atoms with van der Waals surface area (Å²) >= 11 is 11.8. The van der Waals surface area contributed by atoms with Gasteiger partial charge in [-0.15, -0.1) is 0 Å². The molecule has 1 aromatic carbocycles. The Kier molecular flexibility index (Phi) is 3.50. The highest BCUT2D eigenvalue weighted by Gasteiger charge is 2.17. The van der Waals surface area contributed by atoms with Crippen LogP contribution in [0.5, 0.6) is 0 Å². The Hall–Kier alpha value is -1.65. The van der Waals surface area contributed by atoms with Crippen LogP contribution in [0.1, 0.15) is 5.56 Å². The third-order valence-corrected chi connectivity index (χ3v) is 3.10. The van der Waals surface area contributed by atoms with E-state index in [1.807, 2.05) is 6.92 Å². The Morgan fingerprint density at radius 3 is 2.56 bits per heavy atom. The number of nitro groups is 1. The van der Waals surface area contributed by atoms with Gasteiger partial charge >= 0.3 is 0 Å². The lowest BCUT2D eigenvalue weighted by Gasteiger charge is -2.05. The smallest absolute Gasteiger partial charge is 0.258 e. The number of halogens is 2. The second kappa shape index (κ2) is 4.92. The van der Waals surface area contributed by atoms with Gasteiger partial charge in [0.15, 0.2) is 0 Å². The first-order valence-corrected chi connectivity index (χ1v) is 5.82. The second-order valence-corrected chi connectivity index (χ2v) is 4.52. The molecular weight excluding hydrogens is 275 g/mol. The molecule has 92 valence electrons. The molecular formula is C12H8Cl2N2O2. The minimum Gasteiger partial charge on any atom is -0.258 e. The van der Waals surface area contributed by atoms with Crippen molar-refractivity contribution in [1.29, 1.82) is 0 Å². The van der Waals surface area contributed by atoms with Crippen LogP contribution in [0, 0.1) is 17.0 Å². The first-order valence-electron chi connectivity index (χ1n) is 5.06. The van der Waals surface area contributed by atoms with Gasteiger partial charge in [-0.1, -0.05) is 35.3 Å². The third-order valence-electron chi connectivity index (χ3n) is 2.48. The normalized spacial score (nSPS) is 10.4. The monoisotopic (exact) mass is 282 g/mol. The maximum Gasteiger partial charge on any atom is 0.295 e. The third kappa shape index (κ3) is 2.44. The van der Waals surface area contributed by atoms with Gasteiger partial charge in [0.1, 0.15) is 10.8 Å². The van der Waals surface area contributed by atoms with E-state index in [9.17, 15) is 10.1 Å². The molecule has 4 nitrogen and oxygen atoms in total. The SMILES string of the molecule is Cc1ccc(-c2nc(Cl)ccc2[N+](=O)[O-])cc1Cl. The molecule has 0 radical (unpaired) electrons. The molecule has 0 fully saturated rings. The summed E-state index contributed by atoms with van der Waals surface area (Å²) in [5.41, 5.74) is 1.58. The number of rotatable bonds is 2. The van der Waals surface area contributed by atoms with Crippen molar-refractivity contribution in [2.24, 2.45) is 0 Å². The van der Waals surface area contributed by atoms with E-state index in [0.29, 0.717) is 10.6 Å². The zero-order valence-corrected chi connectivity index (χ0v) is 10.9. The Morgan fingerprint density at radius 2 is 1.94 bits per heavy atom. The van der Waals surface area contributed by atoms with Crippen molar-refractivity contribution >= 4 is 28.9 Å². The van der Waals surface area contributed by atoms with Gasteiger partial charge in [-0.05, 0) is 24.6 Å². The Morgan fingerprint density at radius 1 is 1.22 bits per heavy atom. The lowest BCUT2D eigenvalue weighted by atomic mass is 10.1. The quantitative estimate of drug-likeness (QED) is 0.469. The van der Waals surface area contributed by atoms with Crippen molar-refractivity contribution in [3.63, 3.8) is 0 Å². The Bertz CT molecular complexity index is 629. The maximum atomic E-state index is 10.9. The molecule has 0 bridgehead atoms. The summed E-state index contributed by atoms with van der Waals surface area (Å²) in [5, 5.41) is 11.7. The van der Waals surface area contributed by atoms with Crippen molar-refractivity contribution in [3.05, 3.63) is 56.2 Å². The van der Waals surface area contributed by atoms with Crippen molar-refractivity contribution in [1.82, 2.24) is 4.98 Å². The van der Waals surface area contributed by atoms with E-state index in [2.05, 4.69) is 4.98 Å². The van der Waals surface area contributed by atoms with Gasteiger partial charge in [-0.25, -0.2) is 4.98 Å². The maximum absolute atomic E-state index is 10.9. The van der Waals surface area contributed by atoms with Crippen LogP contribution in [-0.2, 0) is 0 Å². The molecule has 0 N–H and O–H groups in total. The number of benzene rings is 1. The summed E-state index contributed by atoms with van der Waals surface area (Å²) in [4.78, 5) is 14.5. The summed E-state index contributed by atoms with van der Waals surface area (Å²) in [5.74, 6) is 0. The fraction of sp³-hybridized carbons (Fsp3) is 0.0833. The van der Waals surface area contributed by atoms with Gasteiger partial charge < -0.3 is 0 Å². The van der Waals surface area contributed by atoms with Crippen LogP contribution in [0.15, 0.2) is 30.3 Å². The first-order chi connectivity index (χ1) is 8.49. The van der Waals surface area contributed by atoms with Gasteiger partial charge in [0.2, 0.25) is 0 Å². The Balaban J connectivity index is 2.65. The molecule has 6 heteroatoms. The van der Waals surface area contributed by atoms with Crippen molar-refractivity contribution in [2.45, 2.75) is 6.92 Å². The van der Waals surface area contributed by atoms with Gasteiger partial charge in [-0.3, -0.25) is 10.1 Å². The molecule has 1 heterocycles. The van der Waals surface area contributed by atoms with E-state index in [1.54, 1.807) is 18.2 Å². The second-order valence-electron chi connectivity index (χ2n) is 3.72. The standard InChI is InChI=1S/C12H8Cl2N2O2/c1-7-2-3-8(6-9(7)13)12-10(16(17)18)4-5-11(14)15-12/h2-6H,1H3. The number of pyridine rings is 1. The van der Waals surface area contributed by atoms with Gasteiger partial charge in [0, 0.05) is 16.7 Å². The van der Waals surface area contributed by atoms with Crippen LogP contribution in [0.25, 0.3) is 11.3 Å². The van der Waals surface area contributed by atoms with E-state index in [4.69, 9.17) is 23.2 Å². The van der Waals surface area contributed by atoms with Crippen LogP contribution in [-0.4, -0.2) is 9.91 Å². The van der Waals surface area contributed by atoms with Crippen LogP contribution in [0.2, 0.25) is 10.2 Å². The summed E-state index contributed by atoms with van der Waals surface area (Å²) in [6.45, 7) is 1.85. The van der Waals surface area contributed by atoms with Crippen LogP contribution >= 0.6 is 23.2 Å². The zero-order valence-electron chi connectivity index (χ0n) is 9.35. The number of aromatic nitrogens is 1. The van der Waals surface area contributed by atoms with Crippen LogP contribution in [0.4, 0.5) is 5.69 Å². The molecule has 0 atom stereocenters. The zero-order chi connectivity index (χ0) is 13.3. The van der Waals surface area contributed by atoms with Crippen molar-refractivity contribution < 1.29 is 4.92 Å². The van der Waals surface area contributed by atoms with E-state index in [0.717, 1.165) is 5.56 Å². The Labute approximate surface area is 113 Å². The largest absolute Gasteiger partial charge is 0.295 e. The van der Waals surface area contributed by atoms with Crippen molar-refractivity contribution in [2.75, 3.05) is 0 Å². The molecule has 0 spiro atoms. The highest BCUT2D eigenvalue weighted by molar-refractivity contribution is 6.31. The minimum atomic E-state index is -0.494. The molecule has 2 rings (SSSR count). The number of hydrogen-bond donors (Lipinski definition) is 0. The fourth-order valence-electron chi connectivity index (χ4n) is 1.53. The van der Waals surface area contributed by atoms with Crippen LogP contribution < -0.4 is 0 Å². The lowest BCUT2D eigenvalue weighted by Crippen LogP contribution is -1.95. The fourth-order valence-corrected chi connectivity index (χ4v) is 1.86. The summed E-state index contributed by atoms with van der Waals surface area (Å²) < 4.78 is 0. The van der Waals surface area contributed by atoms with E-state index in [-0.39, 0.29) is 16.5 Å². The first kappa shape index (κ1) is 12.8. The lowest BCUT2D eigenvalue weighted by molar-refractivity contribution is -0.384. The molecule has 0 amide bonds. The molecule has 2 aromatic rings. The van der Waals surface area contributed by atoms with Gasteiger partial charge in [-0.2, -0.15) is 0 Å². The minimum absolute atomic E-state index is 0.0979. The highest BCUT2D eigenvalue weighted by atomic mass is 35.5. The van der Waals surface area contributed by atoms with E-state index in [1.165, 1.54) is 12.1 Å². The predicted octanol–water partition coefficient (Wildman–Crippen LogP) is 4.27. The summed E-state index contributed by atoms with van der Waals surface area (Å²) in [7, 11) is 0. The van der Waals surface area contributed by atoms with E-state index >= 15 is 0 Å². The average molecular weight is 283 g/mol. The van der Waals surface area contributed by atoms with Crippen molar-refractivity contribution in [3.8, 4) is 11.3 Å². The molecule has 0 saturated carbocycles. The summed E-state index contributed by atoms with van der Waals surface area (Å²) in [6, 6.07) is 7.87. The highest BCUT2D eigenvalue weighted by Crippen LogP contribution is 2.31. The van der Waals surface area contributed by atoms with Crippen LogP contribution in [0.3, 0.4) is 0 Å². The number of aryl methyl sites for hydroxylation is 1. The summed E-state index contributed by atoms with van der Waals surface area (Å²) in [6.07, 6.45) is 0. The molecule has 0 aliphatic carbocycles. The topological polar surface area (TPSA) is 56.0 Å². The van der Waals surface area contributed by atoms with E-state index < -0.39 is 4.92 Å². The molecule has 0 aliphatic rings. The number of nitrogens with zero attached hydrogens (tertiary/aromatic N) is 2. The molecule has 0 saturated heterocycles. The van der Waals surface area contributed by atoms with Gasteiger partial charge in [0.05, 0.1) is 4.92 Å². The molecule has 0 aliphatic heterocycles. The average Bonchev–Trinajstić information content (AvgIpc) is 2.32. The molecule has 1 aromatic heterocycles.